The number of phenolic OH excluding ortho intramolecular Hbond substituents is 1. The van der Waals surface area contributed by atoms with Crippen molar-refractivity contribution in [2.24, 2.45) is 5.10 Å². The summed E-state index contributed by atoms with van der Waals surface area (Å²) < 4.78 is 6.42. The quantitative estimate of drug-likeness (QED) is 0.379. The summed E-state index contributed by atoms with van der Waals surface area (Å²) in [5, 5.41) is 15.3. The number of hydrazone groups is 1. The van der Waals surface area contributed by atoms with Gasteiger partial charge < -0.3 is 9.84 Å². The molecule has 0 heterocycles. The van der Waals surface area contributed by atoms with Crippen LogP contribution < -0.4 is 10.2 Å². The lowest BCUT2D eigenvalue weighted by Crippen LogP contribution is -1.96. The molecule has 0 bridgehead atoms. The molecule has 0 aliphatic carbocycles. The molecule has 9 heteroatoms. The van der Waals surface area contributed by atoms with Gasteiger partial charge in [0.25, 0.3) is 0 Å². The van der Waals surface area contributed by atoms with Crippen molar-refractivity contribution >= 4 is 78.6 Å². The van der Waals surface area contributed by atoms with E-state index < -0.39 is 0 Å². The van der Waals surface area contributed by atoms with Gasteiger partial charge in [0.1, 0.15) is 0 Å². The highest BCUT2D eigenvalue weighted by atomic mass is 79.9. The molecule has 0 spiro atoms. The van der Waals surface area contributed by atoms with Crippen LogP contribution in [0.1, 0.15) is 5.56 Å². The van der Waals surface area contributed by atoms with E-state index in [-0.39, 0.29) is 5.75 Å². The maximum Gasteiger partial charge on any atom is 0.167 e. The lowest BCUT2D eigenvalue weighted by Gasteiger charge is -2.10. The summed E-state index contributed by atoms with van der Waals surface area (Å²) >= 11 is 24.7. The molecule has 0 aliphatic rings. The average Bonchev–Trinajstić information content (AvgIpc) is 2.48. The van der Waals surface area contributed by atoms with Crippen molar-refractivity contribution < 1.29 is 9.84 Å². The summed E-state index contributed by atoms with van der Waals surface area (Å²) in [5.74, 6) is 0.255. The highest BCUT2D eigenvalue weighted by Gasteiger charge is 2.14. The predicted molar refractivity (Wildman–Crippen MR) is 103 cm³/mol. The number of methoxy groups -OCH3 is 1. The zero-order valence-electron chi connectivity index (χ0n) is 11.5. The zero-order chi connectivity index (χ0) is 17.1. The predicted octanol–water partition coefficient (Wildman–Crippen LogP) is 6.33. The van der Waals surface area contributed by atoms with E-state index >= 15 is 0 Å². The molecule has 23 heavy (non-hydrogen) atoms. The maximum absolute atomic E-state index is 10.2. The van der Waals surface area contributed by atoms with Gasteiger partial charge in [0, 0.05) is 14.0 Å². The Kier molecular flexibility index (Phi) is 6.45. The monoisotopic (exact) mass is 500 g/mol. The first kappa shape index (κ1) is 18.7. The van der Waals surface area contributed by atoms with Crippen LogP contribution in [0.25, 0.3) is 0 Å². The Morgan fingerprint density at radius 1 is 1.17 bits per heavy atom. The van der Waals surface area contributed by atoms with Crippen LogP contribution in [-0.4, -0.2) is 18.4 Å². The largest absolute Gasteiger partial charge is 0.504 e. The number of nitrogens with one attached hydrogen (secondary N) is 1. The van der Waals surface area contributed by atoms with Crippen LogP contribution in [0.15, 0.2) is 32.2 Å². The fourth-order valence-electron chi connectivity index (χ4n) is 1.70. The van der Waals surface area contributed by atoms with Gasteiger partial charge in [-0.2, -0.15) is 5.10 Å². The SMILES string of the molecule is COc1cc(Br)c(Br)c(/C=N\Nc2c(Cl)cc(Cl)cc2Cl)c1O. The summed E-state index contributed by atoms with van der Waals surface area (Å²) in [6.07, 6.45) is 1.41. The Morgan fingerprint density at radius 2 is 1.78 bits per heavy atom. The molecule has 0 saturated carbocycles. The summed E-state index contributed by atoms with van der Waals surface area (Å²) in [6.45, 7) is 0. The third kappa shape index (κ3) is 4.25. The molecule has 0 fully saturated rings. The van der Waals surface area contributed by atoms with E-state index in [1.54, 1.807) is 18.2 Å². The van der Waals surface area contributed by atoms with Gasteiger partial charge in [-0.05, 0) is 50.1 Å². The molecule has 0 amide bonds. The fourth-order valence-corrected chi connectivity index (χ4v) is 3.42. The number of ether oxygens (including phenoxy) is 1. The maximum atomic E-state index is 10.2. The Hall–Kier alpha value is -0.660. The molecule has 2 rings (SSSR count). The summed E-state index contributed by atoms with van der Waals surface area (Å²) in [6, 6.07) is 4.72. The second-order valence-corrected chi connectivity index (χ2v) is 7.15. The minimum atomic E-state index is -0.0542. The minimum absolute atomic E-state index is 0.0542. The molecule has 0 atom stereocenters. The van der Waals surface area contributed by atoms with E-state index in [0.29, 0.717) is 41.0 Å². The number of rotatable bonds is 4. The fraction of sp³-hybridized carbons (Fsp3) is 0.0714. The third-order valence-corrected chi connectivity index (χ3v) is 5.62. The van der Waals surface area contributed by atoms with E-state index in [4.69, 9.17) is 39.5 Å². The van der Waals surface area contributed by atoms with Crippen molar-refractivity contribution in [2.45, 2.75) is 0 Å². The average molecular weight is 503 g/mol. The van der Waals surface area contributed by atoms with E-state index in [1.807, 2.05) is 0 Å². The molecule has 4 nitrogen and oxygen atoms in total. The Bertz CT molecular complexity index is 762. The number of hydrogen-bond acceptors (Lipinski definition) is 4. The molecular formula is C14H9Br2Cl3N2O2. The molecule has 0 radical (unpaired) electrons. The highest BCUT2D eigenvalue weighted by Crippen LogP contribution is 2.39. The van der Waals surface area contributed by atoms with Crippen LogP contribution in [0, 0.1) is 0 Å². The van der Waals surface area contributed by atoms with Crippen LogP contribution in [0.4, 0.5) is 5.69 Å². The number of hydrogen-bond donors (Lipinski definition) is 2. The first-order valence-corrected chi connectivity index (χ1v) is 8.75. The van der Waals surface area contributed by atoms with Crippen LogP contribution in [-0.2, 0) is 0 Å². The van der Waals surface area contributed by atoms with Crippen LogP contribution in [0.2, 0.25) is 15.1 Å². The van der Waals surface area contributed by atoms with Crippen molar-refractivity contribution in [1.29, 1.82) is 0 Å². The van der Waals surface area contributed by atoms with Crippen molar-refractivity contribution in [1.82, 2.24) is 0 Å². The van der Waals surface area contributed by atoms with Gasteiger partial charge >= 0.3 is 0 Å². The molecule has 2 N–H and O–H groups in total. The molecule has 0 unspecified atom stereocenters. The topological polar surface area (TPSA) is 53.8 Å². The van der Waals surface area contributed by atoms with E-state index in [2.05, 4.69) is 42.4 Å². The van der Waals surface area contributed by atoms with Crippen LogP contribution in [0.5, 0.6) is 11.5 Å². The van der Waals surface area contributed by atoms with E-state index in [9.17, 15) is 5.11 Å². The molecule has 122 valence electrons. The lowest BCUT2D eigenvalue weighted by atomic mass is 10.2. The van der Waals surface area contributed by atoms with Gasteiger partial charge in [-0.25, -0.2) is 0 Å². The zero-order valence-corrected chi connectivity index (χ0v) is 16.9. The Balaban J connectivity index is 2.34. The third-order valence-electron chi connectivity index (χ3n) is 2.79. The van der Waals surface area contributed by atoms with Gasteiger partial charge in [0.05, 0.1) is 34.6 Å². The molecule has 0 aliphatic heterocycles. The van der Waals surface area contributed by atoms with Crippen molar-refractivity contribution in [3.05, 3.63) is 47.8 Å². The summed E-state index contributed by atoms with van der Waals surface area (Å²) in [5.41, 5.74) is 3.56. The number of phenols is 1. The molecule has 0 saturated heterocycles. The van der Waals surface area contributed by atoms with Gasteiger partial charge in [0.2, 0.25) is 0 Å². The first-order valence-electron chi connectivity index (χ1n) is 6.03. The normalized spacial score (nSPS) is 11.0. The summed E-state index contributed by atoms with van der Waals surface area (Å²) in [7, 11) is 1.46. The number of benzene rings is 2. The molecule has 0 aromatic heterocycles. The van der Waals surface area contributed by atoms with Crippen molar-refractivity contribution in [3.8, 4) is 11.5 Å². The van der Waals surface area contributed by atoms with Gasteiger partial charge in [-0.3, -0.25) is 5.43 Å². The molecule has 2 aromatic rings. The van der Waals surface area contributed by atoms with E-state index in [0.717, 1.165) is 0 Å². The molecular weight excluding hydrogens is 494 g/mol. The first-order chi connectivity index (χ1) is 10.8. The summed E-state index contributed by atoms with van der Waals surface area (Å²) in [4.78, 5) is 0. The Labute approximate surface area is 164 Å². The van der Waals surface area contributed by atoms with E-state index in [1.165, 1.54) is 13.3 Å². The van der Waals surface area contributed by atoms with Crippen LogP contribution in [0.3, 0.4) is 0 Å². The van der Waals surface area contributed by atoms with Gasteiger partial charge in [-0.15, -0.1) is 0 Å². The number of anilines is 1. The molecule has 2 aromatic carbocycles. The second-order valence-electron chi connectivity index (χ2n) is 4.25. The second kappa shape index (κ2) is 7.94. The number of aromatic hydroxyl groups is 1. The smallest absolute Gasteiger partial charge is 0.167 e. The Morgan fingerprint density at radius 3 is 2.35 bits per heavy atom. The van der Waals surface area contributed by atoms with Crippen LogP contribution >= 0.6 is 66.7 Å². The minimum Gasteiger partial charge on any atom is -0.504 e. The lowest BCUT2D eigenvalue weighted by molar-refractivity contribution is 0.372. The van der Waals surface area contributed by atoms with Crippen molar-refractivity contribution in [2.75, 3.05) is 12.5 Å². The number of halogens is 5. The standard InChI is InChI=1S/C14H9Br2Cl3N2O2/c1-23-11-4-8(15)12(16)7(14(11)22)5-20-21-13-9(18)2-6(17)3-10(13)19/h2-5,21-22H,1H3/b20-5-. The number of nitrogens with zero attached hydrogens (tertiary/aromatic N) is 1. The highest BCUT2D eigenvalue weighted by molar-refractivity contribution is 9.13. The van der Waals surface area contributed by atoms with Crippen molar-refractivity contribution in [3.63, 3.8) is 0 Å². The van der Waals surface area contributed by atoms with Gasteiger partial charge in [0.15, 0.2) is 11.5 Å². The van der Waals surface area contributed by atoms with Gasteiger partial charge in [-0.1, -0.05) is 34.8 Å².